The highest BCUT2D eigenvalue weighted by Crippen LogP contribution is 2.38. The van der Waals surface area contributed by atoms with Gasteiger partial charge in [-0.25, -0.2) is 0 Å². The van der Waals surface area contributed by atoms with Gasteiger partial charge in [-0.3, -0.25) is 4.99 Å². The van der Waals surface area contributed by atoms with E-state index in [9.17, 15) is 0 Å². The number of aliphatic imine (C=N–C) groups is 1. The molecule has 3 nitrogen and oxygen atoms in total. The van der Waals surface area contributed by atoms with Crippen LogP contribution in [0.2, 0.25) is 0 Å². The molecule has 1 unspecified atom stereocenters. The highest BCUT2D eigenvalue weighted by Gasteiger charge is 2.42. The summed E-state index contributed by atoms with van der Waals surface area (Å²) in [5, 5.41) is 0. The molecule has 1 saturated heterocycles. The van der Waals surface area contributed by atoms with Crippen molar-refractivity contribution in [3.63, 3.8) is 0 Å². The van der Waals surface area contributed by atoms with Crippen molar-refractivity contribution in [2.45, 2.75) is 38.4 Å². The first-order chi connectivity index (χ1) is 6.79. The molecule has 14 heavy (non-hydrogen) atoms. The van der Waals surface area contributed by atoms with Gasteiger partial charge in [0.2, 0.25) is 0 Å². The fraction of sp³-hybridized carbons (Fsp3) is 0.909. The molecule has 0 aromatic carbocycles. The first kappa shape index (κ1) is 10.1. The van der Waals surface area contributed by atoms with E-state index in [0.29, 0.717) is 5.92 Å². The summed E-state index contributed by atoms with van der Waals surface area (Å²) in [7, 11) is 1.90. The number of ether oxygens (including phenoxy) is 2. The summed E-state index contributed by atoms with van der Waals surface area (Å²) in [6, 6.07) is 0. The Bertz CT molecular complexity index is 231. The van der Waals surface area contributed by atoms with Crippen LogP contribution in [-0.4, -0.2) is 31.8 Å². The zero-order valence-electron chi connectivity index (χ0n) is 9.08. The van der Waals surface area contributed by atoms with Gasteiger partial charge in [0.15, 0.2) is 5.79 Å². The fourth-order valence-corrected chi connectivity index (χ4v) is 2.55. The summed E-state index contributed by atoms with van der Waals surface area (Å²) in [5.74, 6) is 0.307. The molecular weight excluding hydrogens is 178 g/mol. The topological polar surface area (TPSA) is 30.8 Å². The summed E-state index contributed by atoms with van der Waals surface area (Å²) in [5.41, 5.74) is 1.34. The van der Waals surface area contributed by atoms with Gasteiger partial charge in [0.1, 0.15) is 0 Å². The van der Waals surface area contributed by atoms with Gasteiger partial charge < -0.3 is 9.47 Å². The standard InChI is InChI=1S/C11H19NO2/c1-3-9-8-11(13-6-7-14-11)5-4-10(9)12-2/h9H,3-8H2,1-2H3. The van der Waals surface area contributed by atoms with Crippen LogP contribution in [0, 0.1) is 5.92 Å². The van der Waals surface area contributed by atoms with E-state index in [-0.39, 0.29) is 5.79 Å². The molecule has 0 amide bonds. The van der Waals surface area contributed by atoms with Crippen LogP contribution in [0.3, 0.4) is 0 Å². The van der Waals surface area contributed by atoms with Crippen molar-refractivity contribution < 1.29 is 9.47 Å². The zero-order valence-corrected chi connectivity index (χ0v) is 9.08. The lowest BCUT2D eigenvalue weighted by Gasteiger charge is -2.36. The molecule has 3 heteroatoms. The third kappa shape index (κ3) is 1.71. The number of hydrogen-bond acceptors (Lipinski definition) is 3. The second-order valence-electron chi connectivity index (χ2n) is 4.13. The maximum atomic E-state index is 5.73. The average molecular weight is 197 g/mol. The number of nitrogens with zero attached hydrogens (tertiary/aromatic N) is 1. The van der Waals surface area contributed by atoms with E-state index in [1.807, 2.05) is 7.05 Å². The molecule has 1 spiro atoms. The van der Waals surface area contributed by atoms with Crippen molar-refractivity contribution >= 4 is 5.71 Å². The van der Waals surface area contributed by atoms with Gasteiger partial charge >= 0.3 is 0 Å². The molecule has 1 aliphatic heterocycles. The van der Waals surface area contributed by atoms with Gasteiger partial charge in [0.05, 0.1) is 13.2 Å². The van der Waals surface area contributed by atoms with E-state index >= 15 is 0 Å². The van der Waals surface area contributed by atoms with Crippen LogP contribution in [0.5, 0.6) is 0 Å². The highest BCUT2D eigenvalue weighted by molar-refractivity contribution is 5.87. The predicted octanol–water partition coefficient (Wildman–Crippen LogP) is 2.01. The lowest BCUT2D eigenvalue weighted by atomic mass is 9.81. The maximum Gasteiger partial charge on any atom is 0.169 e. The van der Waals surface area contributed by atoms with Crippen LogP contribution >= 0.6 is 0 Å². The molecule has 1 atom stereocenters. The molecule has 0 aromatic heterocycles. The Balaban J connectivity index is 2.07. The average Bonchev–Trinajstić information content (AvgIpc) is 2.66. The molecule has 2 aliphatic rings. The predicted molar refractivity (Wildman–Crippen MR) is 55.6 cm³/mol. The fourth-order valence-electron chi connectivity index (χ4n) is 2.55. The Hall–Kier alpha value is -0.410. The van der Waals surface area contributed by atoms with E-state index < -0.39 is 0 Å². The SMILES string of the molecule is CCC1CC2(CCC1=NC)OCCO2. The van der Waals surface area contributed by atoms with Gasteiger partial charge in [0.25, 0.3) is 0 Å². The van der Waals surface area contributed by atoms with Crippen LogP contribution in [0.1, 0.15) is 32.6 Å². The summed E-state index contributed by atoms with van der Waals surface area (Å²) in [4.78, 5) is 4.36. The lowest BCUT2D eigenvalue weighted by molar-refractivity contribution is -0.174. The lowest BCUT2D eigenvalue weighted by Crippen LogP contribution is -2.40. The van der Waals surface area contributed by atoms with E-state index in [1.54, 1.807) is 0 Å². The molecule has 1 heterocycles. The molecule has 2 fully saturated rings. The van der Waals surface area contributed by atoms with Crippen LogP contribution < -0.4 is 0 Å². The van der Waals surface area contributed by atoms with Gasteiger partial charge in [-0.1, -0.05) is 6.92 Å². The molecule has 1 saturated carbocycles. The van der Waals surface area contributed by atoms with Crippen molar-refractivity contribution in [1.82, 2.24) is 0 Å². The minimum absolute atomic E-state index is 0.255. The Kier molecular flexibility index (Phi) is 2.88. The largest absolute Gasteiger partial charge is 0.347 e. The second-order valence-corrected chi connectivity index (χ2v) is 4.13. The summed E-state index contributed by atoms with van der Waals surface area (Å²) in [6.07, 6.45) is 4.16. The monoisotopic (exact) mass is 197 g/mol. The van der Waals surface area contributed by atoms with Crippen LogP contribution in [-0.2, 0) is 9.47 Å². The van der Waals surface area contributed by atoms with Gasteiger partial charge in [-0.05, 0) is 12.8 Å². The first-order valence-corrected chi connectivity index (χ1v) is 5.53. The summed E-state index contributed by atoms with van der Waals surface area (Å²) >= 11 is 0. The van der Waals surface area contributed by atoms with Crippen LogP contribution in [0.25, 0.3) is 0 Å². The van der Waals surface area contributed by atoms with E-state index in [4.69, 9.17) is 9.47 Å². The number of hydrogen-bond donors (Lipinski definition) is 0. The molecule has 0 bridgehead atoms. The van der Waals surface area contributed by atoms with E-state index in [2.05, 4.69) is 11.9 Å². The zero-order chi connectivity index (χ0) is 10.0. The number of rotatable bonds is 1. The Labute approximate surface area is 85.5 Å². The molecule has 0 N–H and O–H groups in total. The van der Waals surface area contributed by atoms with Gasteiger partial charge in [0, 0.05) is 31.5 Å². The molecule has 0 radical (unpaired) electrons. The van der Waals surface area contributed by atoms with Crippen LogP contribution in [0.4, 0.5) is 0 Å². The molecule has 80 valence electrons. The van der Waals surface area contributed by atoms with Crippen molar-refractivity contribution in [1.29, 1.82) is 0 Å². The minimum Gasteiger partial charge on any atom is -0.347 e. The van der Waals surface area contributed by atoms with Crippen LogP contribution in [0.15, 0.2) is 4.99 Å². The van der Waals surface area contributed by atoms with Crippen molar-refractivity contribution in [2.75, 3.05) is 20.3 Å². The maximum absolute atomic E-state index is 5.73. The van der Waals surface area contributed by atoms with Gasteiger partial charge in [-0.15, -0.1) is 0 Å². The molecule has 0 aromatic rings. The minimum atomic E-state index is -0.255. The van der Waals surface area contributed by atoms with E-state index in [0.717, 1.165) is 38.9 Å². The normalized spacial score (nSPS) is 34.1. The highest BCUT2D eigenvalue weighted by atomic mass is 16.7. The Morgan fingerprint density at radius 3 is 2.71 bits per heavy atom. The molecule has 1 aliphatic carbocycles. The first-order valence-electron chi connectivity index (χ1n) is 5.53. The summed E-state index contributed by atoms with van der Waals surface area (Å²) in [6.45, 7) is 3.73. The molecular formula is C11H19NO2. The Morgan fingerprint density at radius 1 is 1.43 bits per heavy atom. The van der Waals surface area contributed by atoms with Crippen molar-refractivity contribution in [2.24, 2.45) is 10.9 Å². The summed E-state index contributed by atoms with van der Waals surface area (Å²) < 4.78 is 11.5. The third-order valence-electron chi connectivity index (χ3n) is 3.38. The van der Waals surface area contributed by atoms with Crippen molar-refractivity contribution in [3.05, 3.63) is 0 Å². The van der Waals surface area contributed by atoms with E-state index in [1.165, 1.54) is 5.71 Å². The Morgan fingerprint density at radius 2 is 2.14 bits per heavy atom. The second kappa shape index (κ2) is 3.99. The quantitative estimate of drug-likeness (QED) is 0.644. The van der Waals surface area contributed by atoms with Crippen molar-refractivity contribution in [3.8, 4) is 0 Å². The molecule has 2 rings (SSSR count). The van der Waals surface area contributed by atoms with Gasteiger partial charge in [-0.2, -0.15) is 0 Å². The third-order valence-corrected chi connectivity index (χ3v) is 3.38. The smallest absolute Gasteiger partial charge is 0.169 e.